The number of hydrogen-bond donors (Lipinski definition) is 2. The van der Waals surface area contributed by atoms with Crippen molar-refractivity contribution in [2.45, 2.75) is 11.1 Å². The third-order valence-electron chi connectivity index (χ3n) is 3.40. The van der Waals surface area contributed by atoms with Crippen molar-refractivity contribution in [2.75, 3.05) is 24.7 Å². The van der Waals surface area contributed by atoms with Crippen LogP contribution in [0.3, 0.4) is 0 Å². The van der Waals surface area contributed by atoms with E-state index < -0.39 is 27.5 Å². The third-order valence-corrected chi connectivity index (χ3v) is 4.85. The van der Waals surface area contributed by atoms with Crippen LogP contribution in [0.1, 0.15) is 15.9 Å². The summed E-state index contributed by atoms with van der Waals surface area (Å²) in [5.41, 5.74) is -0.963. The topological polar surface area (TPSA) is 88.2 Å². The first-order chi connectivity index (χ1) is 12.5. The number of rotatable bonds is 6. The maximum Gasteiger partial charge on any atom is 0.417 e. The second kappa shape index (κ2) is 8.13. The van der Waals surface area contributed by atoms with Gasteiger partial charge in [0.15, 0.2) is 9.84 Å². The van der Waals surface area contributed by atoms with Gasteiger partial charge in [0.25, 0.3) is 5.91 Å². The van der Waals surface area contributed by atoms with E-state index in [4.69, 9.17) is 11.6 Å². The van der Waals surface area contributed by atoms with Crippen LogP contribution >= 0.6 is 11.6 Å². The molecule has 0 aliphatic carbocycles. The molecule has 1 heterocycles. The standard InChI is InChI=1S/C16H15ClF3N3O3S/c1-27(25,26)13-5-3-2-4-11(13)15(24)22-7-6-21-14-12(17)8-10(9-23-14)16(18,19)20/h2-5,8-9H,6-7H2,1H3,(H,21,23)(H,22,24). The van der Waals surface area contributed by atoms with Crippen LogP contribution in [0.15, 0.2) is 41.4 Å². The minimum atomic E-state index is -4.55. The molecule has 0 aliphatic heterocycles. The molecule has 1 aromatic carbocycles. The van der Waals surface area contributed by atoms with Gasteiger partial charge in [-0.05, 0) is 18.2 Å². The third kappa shape index (κ3) is 5.57. The molecule has 1 amide bonds. The quantitative estimate of drug-likeness (QED) is 0.700. The van der Waals surface area contributed by atoms with Gasteiger partial charge in [-0.1, -0.05) is 23.7 Å². The summed E-state index contributed by atoms with van der Waals surface area (Å²) in [4.78, 5) is 15.7. The molecule has 0 fully saturated rings. The Morgan fingerprint density at radius 3 is 2.48 bits per heavy atom. The fourth-order valence-corrected chi connectivity index (χ4v) is 3.27. The van der Waals surface area contributed by atoms with Gasteiger partial charge in [-0.2, -0.15) is 13.2 Å². The first-order valence-electron chi connectivity index (χ1n) is 7.54. The van der Waals surface area contributed by atoms with Crippen LogP contribution in [0.4, 0.5) is 19.0 Å². The average Bonchev–Trinajstić information content (AvgIpc) is 2.58. The van der Waals surface area contributed by atoms with E-state index in [1.54, 1.807) is 0 Å². The molecule has 0 saturated carbocycles. The minimum absolute atomic E-state index is 0.00527. The molecule has 0 radical (unpaired) electrons. The second-order valence-corrected chi connectivity index (χ2v) is 7.89. The van der Waals surface area contributed by atoms with E-state index >= 15 is 0 Å². The van der Waals surface area contributed by atoms with Crippen LogP contribution in [0, 0.1) is 0 Å². The Hall–Kier alpha value is -2.33. The maximum absolute atomic E-state index is 12.6. The predicted molar refractivity (Wildman–Crippen MR) is 94.6 cm³/mol. The molecule has 6 nitrogen and oxygen atoms in total. The number of nitrogens with one attached hydrogen (secondary N) is 2. The van der Waals surface area contributed by atoms with Gasteiger partial charge in [0.2, 0.25) is 0 Å². The normalized spacial score (nSPS) is 11.9. The molecule has 11 heteroatoms. The maximum atomic E-state index is 12.6. The molecule has 0 aliphatic rings. The molecule has 0 unspecified atom stereocenters. The Morgan fingerprint density at radius 1 is 1.22 bits per heavy atom. The highest BCUT2D eigenvalue weighted by atomic mass is 35.5. The first kappa shape index (κ1) is 21.0. The highest BCUT2D eigenvalue weighted by molar-refractivity contribution is 7.90. The van der Waals surface area contributed by atoms with Crippen LogP contribution in [0.5, 0.6) is 0 Å². The second-order valence-electron chi connectivity index (χ2n) is 5.50. The van der Waals surface area contributed by atoms with Crippen LogP contribution in [-0.4, -0.2) is 38.7 Å². The molecular weight excluding hydrogens is 407 g/mol. The number of sulfone groups is 1. The van der Waals surface area contributed by atoms with Crippen LogP contribution in [0.25, 0.3) is 0 Å². The van der Waals surface area contributed by atoms with Crippen molar-refractivity contribution < 1.29 is 26.4 Å². The zero-order valence-electron chi connectivity index (χ0n) is 14.0. The van der Waals surface area contributed by atoms with Gasteiger partial charge in [0.1, 0.15) is 5.82 Å². The highest BCUT2D eigenvalue weighted by Gasteiger charge is 2.31. The van der Waals surface area contributed by atoms with Gasteiger partial charge >= 0.3 is 6.18 Å². The number of nitrogens with zero attached hydrogens (tertiary/aromatic N) is 1. The summed E-state index contributed by atoms with van der Waals surface area (Å²) >= 11 is 5.76. The Balaban J connectivity index is 1.96. The van der Waals surface area contributed by atoms with E-state index in [9.17, 15) is 26.4 Å². The summed E-state index contributed by atoms with van der Waals surface area (Å²) in [5.74, 6) is -0.556. The molecule has 0 spiro atoms. The van der Waals surface area contributed by atoms with Crippen LogP contribution < -0.4 is 10.6 Å². The summed E-state index contributed by atoms with van der Waals surface area (Å²) in [7, 11) is -3.57. The molecule has 0 atom stereocenters. The number of halogens is 4. The van der Waals surface area contributed by atoms with Crippen molar-refractivity contribution in [3.8, 4) is 0 Å². The molecule has 0 bridgehead atoms. The number of pyridine rings is 1. The number of carbonyl (C=O) groups excluding carboxylic acids is 1. The van der Waals surface area contributed by atoms with Crippen molar-refractivity contribution >= 4 is 33.2 Å². The van der Waals surface area contributed by atoms with Gasteiger partial charge in [-0.3, -0.25) is 4.79 Å². The largest absolute Gasteiger partial charge is 0.417 e. The van der Waals surface area contributed by atoms with Crippen molar-refractivity contribution in [3.05, 3.63) is 52.7 Å². The predicted octanol–water partition coefficient (Wildman–Crippen LogP) is 3.00. The zero-order chi connectivity index (χ0) is 20.2. The van der Waals surface area contributed by atoms with Gasteiger partial charge in [0.05, 0.1) is 21.0 Å². The highest BCUT2D eigenvalue weighted by Crippen LogP contribution is 2.32. The minimum Gasteiger partial charge on any atom is -0.367 e. The Bertz CT molecular complexity index is 949. The summed E-state index contributed by atoms with van der Waals surface area (Å²) < 4.78 is 61.1. The summed E-state index contributed by atoms with van der Waals surface area (Å²) in [6.45, 7) is 0.181. The number of carbonyl (C=O) groups is 1. The fraction of sp³-hybridized carbons (Fsp3) is 0.250. The molecule has 2 rings (SSSR count). The first-order valence-corrected chi connectivity index (χ1v) is 9.81. The van der Waals surface area contributed by atoms with E-state index in [-0.39, 0.29) is 34.4 Å². The molecule has 2 N–H and O–H groups in total. The SMILES string of the molecule is CS(=O)(=O)c1ccccc1C(=O)NCCNc1ncc(C(F)(F)F)cc1Cl. The lowest BCUT2D eigenvalue weighted by atomic mass is 10.2. The number of anilines is 1. The van der Waals surface area contributed by atoms with Crippen molar-refractivity contribution in [1.29, 1.82) is 0 Å². The fourth-order valence-electron chi connectivity index (χ4n) is 2.15. The number of amides is 1. The lowest BCUT2D eigenvalue weighted by molar-refractivity contribution is -0.137. The molecule has 1 aromatic heterocycles. The van der Waals surface area contributed by atoms with E-state index in [2.05, 4.69) is 15.6 Å². The van der Waals surface area contributed by atoms with Crippen LogP contribution in [0.2, 0.25) is 5.02 Å². The lowest BCUT2D eigenvalue weighted by Crippen LogP contribution is -2.30. The van der Waals surface area contributed by atoms with Gasteiger partial charge in [-0.15, -0.1) is 0 Å². The summed E-state index contributed by atoms with van der Waals surface area (Å²) in [6.07, 6.45) is -2.90. The Morgan fingerprint density at radius 2 is 1.89 bits per heavy atom. The molecule has 0 saturated heterocycles. The van der Waals surface area contributed by atoms with Crippen molar-refractivity contribution in [1.82, 2.24) is 10.3 Å². The molecule has 27 heavy (non-hydrogen) atoms. The van der Waals surface area contributed by atoms with Crippen molar-refractivity contribution in [2.24, 2.45) is 0 Å². The monoisotopic (exact) mass is 421 g/mol. The Labute approximate surface area is 158 Å². The van der Waals surface area contributed by atoms with E-state index in [1.807, 2.05) is 0 Å². The average molecular weight is 422 g/mol. The van der Waals surface area contributed by atoms with Gasteiger partial charge in [0, 0.05) is 25.5 Å². The smallest absolute Gasteiger partial charge is 0.367 e. The number of aromatic nitrogens is 1. The van der Waals surface area contributed by atoms with E-state index in [0.29, 0.717) is 6.20 Å². The van der Waals surface area contributed by atoms with E-state index in [1.165, 1.54) is 24.3 Å². The lowest BCUT2D eigenvalue weighted by Gasteiger charge is -2.12. The van der Waals surface area contributed by atoms with Gasteiger partial charge in [-0.25, -0.2) is 13.4 Å². The summed E-state index contributed by atoms with van der Waals surface area (Å²) in [6, 6.07) is 6.50. The summed E-state index contributed by atoms with van der Waals surface area (Å²) in [5, 5.41) is 5.01. The zero-order valence-corrected chi connectivity index (χ0v) is 15.5. The molecule has 2 aromatic rings. The van der Waals surface area contributed by atoms with Gasteiger partial charge < -0.3 is 10.6 Å². The number of benzene rings is 1. The Kier molecular flexibility index (Phi) is 6.32. The molecule has 146 valence electrons. The number of alkyl halides is 3. The van der Waals surface area contributed by atoms with Crippen molar-refractivity contribution in [3.63, 3.8) is 0 Å². The number of hydrogen-bond acceptors (Lipinski definition) is 5. The molecular formula is C16H15ClF3N3O3S. The van der Waals surface area contributed by atoms with E-state index in [0.717, 1.165) is 12.3 Å². The van der Waals surface area contributed by atoms with Crippen LogP contribution in [-0.2, 0) is 16.0 Å².